The molecule has 0 N–H and O–H groups in total. The Labute approximate surface area is 118 Å². The van der Waals surface area contributed by atoms with Gasteiger partial charge in [0.2, 0.25) is 0 Å². The highest BCUT2D eigenvalue weighted by Gasteiger charge is 2.04. The van der Waals surface area contributed by atoms with Gasteiger partial charge in [-0.2, -0.15) is 0 Å². The van der Waals surface area contributed by atoms with Gasteiger partial charge < -0.3 is 0 Å². The van der Waals surface area contributed by atoms with Crippen molar-refractivity contribution >= 4 is 0 Å². The second-order valence-corrected chi connectivity index (χ2v) is 4.84. The molecule has 0 amide bonds. The molecule has 0 spiro atoms. The third-order valence-electron chi connectivity index (χ3n) is 3.36. The summed E-state index contributed by atoms with van der Waals surface area (Å²) in [6.45, 7) is 0. The first-order chi connectivity index (χ1) is 9.83. The smallest absolute Gasteiger partial charge is 0.131 e. The van der Waals surface area contributed by atoms with E-state index in [1.165, 1.54) is 17.2 Å². The summed E-state index contributed by atoms with van der Waals surface area (Å²) in [5.41, 5.74) is 4.04. The minimum Gasteiger partial charge on any atom is -0.206 e. The molecule has 20 heavy (non-hydrogen) atoms. The minimum absolute atomic E-state index is 0.177. The summed E-state index contributed by atoms with van der Waals surface area (Å²) in [5, 5.41) is 0. The molecule has 0 nitrogen and oxygen atoms in total. The Morgan fingerprint density at radius 1 is 0.650 bits per heavy atom. The Kier molecular flexibility index (Phi) is 3.60. The molecule has 0 aromatic heterocycles. The Bertz CT molecular complexity index is 702. The van der Waals surface area contributed by atoms with Crippen LogP contribution in [-0.4, -0.2) is 0 Å². The molecule has 1 heteroatoms. The van der Waals surface area contributed by atoms with Gasteiger partial charge in [0.15, 0.2) is 0 Å². The van der Waals surface area contributed by atoms with Crippen LogP contribution in [0.15, 0.2) is 78.9 Å². The van der Waals surface area contributed by atoms with E-state index in [4.69, 9.17) is 0 Å². The van der Waals surface area contributed by atoms with Gasteiger partial charge in [0.25, 0.3) is 0 Å². The summed E-state index contributed by atoms with van der Waals surface area (Å²) in [5.74, 6) is -0.177. The highest BCUT2D eigenvalue weighted by molar-refractivity contribution is 5.64. The zero-order chi connectivity index (χ0) is 13.8. The summed E-state index contributed by atoms with van der Waals surface area (Å²) in [7, 11) is 0. The number of halogens is 1. The van der Waals surface area contributed by atoms with Gasteiger partial charge in [-0.3, -0.25) is 0 Å². The number of rotatable bonds is 3. The summed E-state index contributed by atoms with van der Waals surface area (Å²) in [6, 6.07) is 25.3. The maximum absolute atomic E-state index is 13.8. The molecule has 0 fully saturated rings. The van der Waals surface area contributed by atoms with Crippen molar-refractivity contribution in [1.29, 1.82) is 0 Å². The Morgan fingerprint density at radius 3 is 2.15 bits per heavy atom. The van der Waals surface area contributed by atoms with Crippen LogP contribution in [0.1, 0.15) is 11.1 Å². The molecule has 0 aliphatic carbocycles. The van der Waals surface area contributed by atoms with E-state index in [1.54, 1.807) is 6.07 Å². The van der Waals surface area contributed by atoms with Crippen molar-refractivity contribution < 1.29 is 4.39 Å². The molecular weight excluding hydrogens is 247 g/mol. The fourth-order valence-electron chi connectivity index (χ4n) is 2.38. The van der Waals surface area contributed by atoms with E-state index in [-0.39, 0.29) is 5.82 Å². The second-order valence-electron chi connectivity index (χ2n) is 4.84. The third-order valence-corrected chi connectivity index (χ3v) is 3.36. The maximum Gasteiger partial charge on any atom is 0.131 e. The second kappa shape index (κ2) is 5.70. The molecule has 3 rings (SSSR count). The van der Waals surface area contributed by atoms with Crippen molar-refractivity contribution in [3.63, 3.8) is 0 Å². The highest BCUT2D eigenvalue weighted by Crippen LogP contribution is 2.24. The lowest BCUT2D eigenvalue weighted by atomic mass is 9.99. The van der Waals surface area contributed by atoms with Crippen molar-refractivity contribution in [2.24, 2.45) is 0 Å². The lowest BCUT2D eigenvalue weighted by Gasteiger charge is -2.07. The van der Waals surface area contributed by atoms with Gasteiger partial charge in [-0.05, 0) is 29.2 Å². The average Bonchev–Trinajstić information content (AvgIpc) is 2.49. The van der Waals surface area contributed by atoms with Crippen molar-refractivity contribution in [3.05, 3.63) is 95.8 Å². The normalized spacial score (nSPS) is 10.4. The van der Waals surface area contributed by atoms with Gasteiger partial charge in [-0.15, -0.1) is 0 Å². The van der Waals surface area contributed by atoms with Crippen molar-refractivity contribution in [2.75, 3.05) is 0 Å². The number of hydrogen-bond acceptors (Lipinski definition) is 0. The van der Waals surface area contributed by atoms with Crippen molar-refractivity contribution in [1.82, 2.24) is 0 Å². The lowest BCUT2D eigenvalue weighted by Crippen LogP contribution is -1.89. The summed E-state index contributed by atoms with van der Waals surface area (Å²) >= 11 is 0. The predicted molar refractivity (Wildman–Crippen MR) is 81.1 cm³/mol. The van der Waals surface area contributed by atoms with E-state index in [2.05, 4.69) is 24.3 Å². The monoisotopic (exact) mass is 262 g/mol. The maximum atomic E-state index is 13.8. The molecule has 3 aromatic rings. The van der Waals surface area contributed by atoms with Crippen molar-refractivity contribution in [3.8, 4) is 11.1 Å². The van der Waals surface area contributed by atoms with Crippen LogP contribution < -0.4 is 0 Å². The standard InChI is InChI=1S/C19H15F/c20-19-12-5-4-11-18(19)17-10-6-9-16(14-17)13-15-7-2-1-3-8-15/h1-12,14H,13H2. The first-order valence-corrected chi connectivity index (χ1v) is 6.71. The first-order valence-electron chi connectivity index (χ1n) is 6.71. The van der Waals surface area contributed by atoms with E-state index in [0.29, 0.717) is 5.56 Å². The van der Waals surface area contributed by atoms with Gasteiger partial charge in [0.05, 0.1) is 0 Å². The van der Waals surface area contributed by atoms with Crippen LogP contribution in [0.2, 0.25) is 0 Å². The third kappa shape index (κ3) is 2.77. The topological polar surface area (TPSA) is 0 Å². The zero-order valence-electron chi connectivity index (χ0n) is 11.1. The van der Waals surface area contributed by atoms with Gasteiger partial charge >= 0.3 is 0 Å². The summed E-state index contributed by atoms with van der Waals surface area (Å²) < 4.78 is 13.8. The molecule has 0 unspecified atom stereocenters. The largest absolute Gasteiger partial charge is 0.206 e. The van der Waals surface area contributed by atoms with Crippen LogP contribution >= 0.6 is 0 Å². The van der Waals surface area contributed by atoms with Crippen molar-refractivity contribution in [2.45, 2.75) is 6.42 Å². The SMILES string of the molecule is Fc1ccccc1-c1cccc(Cc2ccccc2)c1. The molecule has 0 radical (unpaired) electrons. The Hall–Kier alpha value is -2.41. The van der Waals surface area contributed by atoms with E-state index < -0.39 is 0 Å². The molecule has 0 saturated heterocycles. The molecule has 0 aliphatic rings. The molecular formula is C19H15F. The lowest BCUT2D eigenvalue weighted by molar-refractivity contribution is 0.631. The van der Waals surface area contributed by atoms with Crippen LogP contribution in [0.3, 0.4) is 0 Å². The van der Waals surface area contributed by atoms with Crippen LogP contribution in [-0.2, 0) is 6.42 Å². The molecule has 0 aliphatic heterocycles. The molecule has 0 saturated carbocycles. The summed E-state index contributed by atoms with van der Waals surface area (Å²) in [6.07, 6.45) is 0.864. The van der Waals surface area contributed by atoms with E-state index in [1.807, 2.05) is 42.5 Å². The van der Waals surface area contributed by atoms with Gasteiger partial charge in [0.1, 0.15) is 5.82 Å². The van der Waals surface area contributed by atoms with E-state index >= 15 is 0 Å². The number of hydrogen-bond donors (Lipinski definition) is 0. The van der Waals surface area contributed by atoms with Gasteiger partial charge in [-0.1, -0.05) is 72.8 Å². The molecule has 0 atom stereocenters. The van der Waals surface area contributed by atoms with Gasteiger partial charge in [0, 0.05) is 5.56 Å². The van der Waals surface area contributed by atoms with E-state index in [0.717, 1.165) is 12.0 Å². The van der Waals surface area contributed by atoms with Crippen LogP contribution in [0.4, 0.5) is 4.39 Å². The van der Waals surface area contributed by atoms with Gasteiger partial charge in [-0.25, -0.2) is 4.39 Å². The minimum atomic E-state index is -0.177. The van der Waals surface area contributed by atoms with Crippen LogP contribution in [0.25, 0.3) is 11.1 Å². The fourth-order valence-corrected chi connectivity index (χ4v) is 2.38. The Morgan fingerprint density at radius 2 is 1.35 bits per heavy atom. The van der Waals surface area contributed by atoms with E-state index in [9.17, 15) is 4.39 Å². The quantitative estimate of drug-likeness (QED) is 0.617. The zero-order valence-corrected chi connectivity index (χ0v) is 11.1. The Balaban J connectivity index is 1.92. The summed E-state index contributed by atoms with van der Waals surface area (Å²) in [4.78, 5) is 0. The molecule has 0 bridgehead atoms. The molecule has 0 heterocycles. The average molecular weight is 262 g/mol. The molecule has 3 aromatic carbocycles. The number of benzene rings is 3. The fraction of sp³-hybridized carbons (Fsp3) is 0.0526. The first kappa shape index (κ1) is 12.6. The highest BCUT2D eigenvalue weighted by atomic mass is 19.1. The predicted octanol–water partition coefficient (Wildman–Crippen LogP) is 5.08. The molecule has 98 valence electrons. The van der Waals surface area contributed by atoms with Crippen LogP contribution in [0.5, 0.6) is 0 Å². The van der Waals surface area contributed by atoms with Crippen LogP contribution in [0, 0.1) is 5.82 Å².